The van der Waals surface area contributed by atoms with Gasteiger partial charge in [0.05, 0.1) is 29.7 Å². The summed E-state index contributed by atoms with van der Waals surface area (Å²) in [6.07, 6.45) is 3.62. The highest BCUT2D eigenvalue weighted by atomic mass is 16.7. The van der Waals surface area contributed by atoms with Crippen LogP contribution in [0, 0.1) is 0 Å². The van der Waals surface area contributed by atoms with Gasteiger partial charge in [-0.2, -0.15) is 0 Å². The van der Waals surface area contributed by atoms with E-state index < -0.39 is 0 Å². The molecule has 0 atom stereocenters. The first kappa shape index (κ1) is 15.1. The second-order valence-corrected chi connectivity index (χ2v) is 5.84. The molecule has 2 heterocycles. The lowest BCUT2D eigenvalue weighted by Gasteiger charge is -2.32. The molecular weight excluding hydrogens is 253 g/mol. The Morgan fingerprint density at radius 2 is 1.85 bits per heavy atom. The summed E-state index contributed by atoms with van der Waals surface area (Å²) in [5, 5.41) is 0. The number of nitrogens with zero attached hydrogens (tertiary/aromatic N) is 1. The van der Waals surface area contributed by atoms with E-state index in [9.17, 15) is 0 Å². The highest BCUT2D eigenvalue weighted by molar-refractivity contribution is 6.52. The van der Waals surface area contributed by atoms with Crippen LogP contribution in [0.3, 0.4) is 0 Å². The first-order valence-corrected chi connectivity index (χ1v) is 6.97. The van der Waals surface area contributed by atoms with Gasteiger partial charge in [-0.3, -0.25) is 4.98 Å². The molecule has 1 aliphatic heterocycles. The standard InChI is InChI=1S/C15H22BNO3/c1-6-18-13-8-7-12(17-11-13)9-10-16-19-14(2,3)15(4,5)20-16/h7-11H,6H2,1-5H3/b10-9+. The SMILES string of the molecule is CCOc1ccc(/C=C/B2OC(C)(C)C(C)(C)O2)nc1. The van der Waals surface area contributed by atoms with Crippen molar-refractivity contribution in [2.24, 2.45) is 0 Å². The van der Waals surface area contributed by atoms with E-state index in [1.165, 1.54) is 0 Å². The quantitative estimate of drug-likeness (QED) is 0.791. The minimum absolute atomic E-state index is 0.311. The van der Waals surface area contributed by atoms with Gasteiger partial charge in [-0.1, -0.05) is 5.98 Å². The summed E-state index contributed by atoms with van der Waals surface area (Å²) in [6, 6.07) is 3.81. The van der Waals surface area contributed by atoms with Gasteiger partial charge in [0.15, 0.2) is 0 Å². The van der Waals surface area contributed by atoms with Crippen molar-refractivity contribution in [3.05, 3.63) is 30.0 Å². The van der Waals surface area contributed by atoms with E-state index >= 15 is 0 Å². The van der Waals surface area contributed by atoms with Crippen molar-refractivity contribution in [1.82, 2.24) is 4.98 Å². The molecule has 5 heteroatoms. The Morgan fingerprint density at radius 3 is 2.35 bits per heavy atom. The fourth-order valence-electron chi connectivity index (χ4n) is 1.89. The predicted octanol–water partition coefficient (Wildman–Crippen LogP) is 3.12. The van der Waals surface area contributed by atoms with E-state index in [1.807, 2.05) is 58.8 Å². The molecule has 1 aromatic rings. The van der Waals surface area contributed by atoms with Crippen molar-refractivity contribution in [2.75, 3.05) is 6.61 Å². The van der Waals surface area contributed by atoms with Crippen LogP contribution in [-0.2, 0) is 9.31 Å². The zero-order valence-electron chi connectivity index (χ0n) is 12.8. The molecule has 4 nitrogen and oxygen atoms in total. The maximum Gasteiger partial charge on any atom is 0.487 e. The summed E-state index contributed by atoms with van der Waals surface area (Å²) in [4.78, 5) is 4.31. The Labute approximate surface area is 121 Å². The van der Waals surface area contributed by atoms with Crippen molar-refractivity contribution in [3.63, 3.8) is 0 Å². The Hall–Kier alpha value is -1.33. The lowest BCUT2D eigenvalue weighted by Crippen LogP contribution is -2.41. The fraction of sp³-hybridized carbons (Fsp3) is 0.533. The highest BCUT2D eigenvalue weighted by Crippen LogP contribution is 2.36. The van der Waals surface area contributed by atoms with Crippen LogP contribution in [0.5, 0.6) is 5.75 Å². The van der Waals surface area contributed by atoms with Gasteiger partial charge in [0.1, 0.15) is 5.75 Å². The Balaban J connectivity index is 2.00. The molecule has 0 amide bonds. The molecule has 0 radical (unpaired) electrons. The van der Waals surface area contributed by atoms with Crippen LogP contribution in [-0.4, -0.2) is 29.9 Å². The van der Waals surface area contributed by atoms with Crippen LogP contribution in [0.1, 0.15) is 40.3 Å². The zero-order chi connectivity index (χ0) is 14.8. The molecule has 0 aliphatic carbocycles. The van der Waals surface area contributed by atoms with Crippen molar-refractivity contribution in [2.45, 2.75) is 45.8 Å². The topological polar surface area (TPSA) is 40.6 Å². The lowest BCUT2D eigenvalue weighted by atomic mass is 9.89. The van der Waals surface area contributed by atoms with Gasteiger partial charge in [-0.25, -0.2) is 0 Å². The second kappa shape index (κ2) is 5.58. The molecule has 0 spiro atoms. The second-order valence-electron chi connectivity index (χ2n) is 5.84. The summed E-state index contributed by atoms with van der Waals surface area (Å²) in [7, 11) is -0.339. The largest absolute Gasteiger partial charge is 0.492 e. The molecule has 0 aromatic carbocycles. The van der Waals surface area contributed by atoms with Gasteiger partial charge in [0, 0.05) is 0 Å². The summed E-state index contributed by atoms with van der Waals surface area (Å²) in [6.45, 7) is 10.7. The zero-order valence-corrected chi connectivity index (χ0v) is 12.8. The van der Waals surface area contributed by atoms with Gasteiger partial charge in [0.2, 0.25) is 0 Å². The highest BCUT2D eigenvalue weighted by Gasteiger charge is 2.49. The molecule has 0 unspecified atom stereocenters. The van der Waals surface area contributed by atoms with Crippen molar-refractivity contribution in [3.8, 4) is 5.75 Å². The summed E-state index contributed by atoms with van der Waals surface area (Å²) >= 11 is 0. The smallest absolute Gasteiger partial charge is 0.487 e. The van der Waals surface area contributed by atoms with E-state index in [0.717, 1.165) is 11.4 Å². The molecular formula is C15H22BNO3. The Bertz CT molecular complexity index is 466. The molecule has 1 aromatic heterocycles. The van der Waals surface area contributed by atoms with E-state index in [2.05, 4.69) is 4.98 Å². The van der Waals surface area contributed by atoms with E-state index in [4.69, 9.17) is 14.0 Å². The molecule has 2 rings (SSSR count). The normalized spacial score (nSPS) is 20.6. The fourth-order valence-corrected chi connectivity index (χ4v) is 1.89. The van der Waals surface area contributed by atoms with Gasteiger partial charge < -0.3 is 14.0 Å². The van der Waals surface area contributed by atoms with Crippen LogP contribution >= 0.6 is 0 Å². The third-order valence-corrected chi connectivity index (χ3v) is 3.77. The lowest BCUT2D eigenvalue weighted by molar-refractivity contribution is 0.00578. The number of aromatic nitrogens is 1. The van der Waals surface area contributed by atoms with Crippen LogP contribution < -0.4 is 4.74 Å². The molecule has 20 heavy (non-hydrogen) atoms. The van der Waals surface area contributed by atoms with Crippen LogP contribution in [0.2, 0.25) is 0 Å². The summed E-state index contributed by atoms with van der Waals surface area (Å²) < 4.78 is 17.1. The van der Waals surface area contributed by atoms with Crippen molar-refractivity contribution < 1.29 is 14.0 Å². The van der Waals surface area contributed by atoms with Crippen LogP contribution in [0.4, 0.5) is 0 Å². The van der Waals surface area contributed by atoms with Crippen LogP contribution in [0.15, 0.2) is 24.3 Å². The molecule has 1 aliphatic rings. The number of hydrogen-bond acceptors (Lipinski definition) is 4. The van der Waals surface area contributed by atoms with Gasteiger partial charge in [-0.05, 0) is 52.8 Å². The minimum atomic E-state index is -0.339. The number of pyridine rings is 1. The van der Waals surface area contributed by atoms with Crippen molar-refractivity contribution >= 4 is 13.2 Å². The third-order valence-electron chi connectivity index (χ3n) is 3.77. The number of ether oxygens (including phenoxy) is 1. The average molecular weight is 275 g/mol. The first-order valence-electron chi connectivity index (χ1n) is 6.97. The average Bonchev–Trinajstić information content (AvgIpc) is 2.57. The molecule has 108 valence electrons. The maximum atomic E-state index is 5.89. The van der Waals surface area contributed by atoms with Gasteiger partial charge in [0.25, 0.3) is 0 Å². The predicted molar refractivity (Wildman–Crippen MR) is 80.5 cm³/mol. The molecule has 0 N–H and O–H groups in total. The van der Waals surface area contributed by atoms with E-state index in [0.29, 0.717) is 6.61 Å². The summed E-state index contributed by atoms with van der Waals surface area (Å²) in [5.41, 5.74) is 0.228. The monoisotopic (exact) mass is 275 g/mol. The van der Waals surface area contributed by atoms with Crippen molar-refractivity contribution in [1.29, 1.82) is 0 Å². The number of rotatable bonds is 4. The van der Waals surface area contributed by atoms with E-state index in [-0.39, 0.29) is 18.3 Å². The Morgan fingerprint density at radius 1 is 1.20 bits per heavy atom. The van der Waals surface area contributed by atoms with Gasteiger partial charge in [-0.15, -0.1) is 0 Å². The minimum Gasteiger partial charge on any atom is -0.492 e. The molecule has 0 bridgehead atoms. The molecule has 0 saturated carbocycles. The molecule has 1 fully saturated rings. The first-order chi connectivity index (χ1) is 9.34. The third kappa shape index (κ3) is 3.22. The Kier molecular flexibility index (Phi) is 4.21. The van der Waals surface area contributed by atoms with E-state index in [1.54, 1.807) is 6.20 Å². The molecule has 1 saturated heterocycles. The summed E-state index contributed by atoms with van der Waals surface area (Å²) in [5.74, 6) is 2.67. The van der Waals surface area contributed by atoms with Crippen LogP contribution in [0.25, 0.3) is 6.08 Å². The van der Waals surface area contributed by atoms with Gasteiger partial charge >= 0.3 is 7.12 Å². The maximum absolute atomic E-state index is 5.89. The number of hydrogen-bond donors (Lipinski definition) is 0.